The van der Waals surface area contributed by atoms with Crippen molar-refractivity contribution in [2.24, 2.45) is 5.73 Å². The average Bonchev–Trinajstić information content (AvgIpc) is 2.52. The summed E-state index contributed by atoms with van der Waals surface area (Å²) >= 11 is 0. The first kappa shape index (κ1) is 13.6. The zero-order valence-corrected chi connectivity index (χ0v) is 12.1. The quantitative estimate of drug-likeness (QED) is 0.880. The number of nitrogens with two attached hydrogens (primary N) is 1. The molecule has 2 aromatic carbocycles. The molecule has 21 heavy (non-hydrogen) atoms. The summed E-state index contributed by atoms with van der Waals surface area (Å²) in [7, 11) is 1.63. The Morgan fingerprint density at radius 1 is 1.14 bits per heavy atom. The van der Waals surface area contributed by atoms with Crippen LogP contribution in [0.4, 0.5) is 5.69 Å². The van der Waals surface area contributed by atoms with Gasteiger partial charge in [0, 0.05) is 5.69 Å². The van der Waals surface area contributed by atoms with Crippen LogP contribution in [-0.2, 0) is 4.79 Å². The Hall–Kier alpha value is -2.33. The van der Waals surface area contributed by atoms with Crippen LogP contribution in [-0.4, -0.2) is 19.1 Å². The van der Waals surface area contributed by atoms with Gasteiger partial charge < -0.3 is 15.4 Å². The lowest BCUT2D eigenvalue weighted by atomic mass is 9.88. The fraction of sp³-hybridized carbons (Fsp3) is 0.235. The summed E-state index contributed by atoms with van der Waals surface area (Å²) in [5, 5.41) is 0. The van der Waals surface area contributed by atoms with Crippen molar-refractivity contribution < 1.29 is 9.53 Å². The molecule has 3 rings (SSSR count). The van der Waals surface area contributed by atoms with Gasteiger partial charge in [-0.3, -0.25) is 4.79 Å². The molecule has 4 heteroatoms. The molecule has 108 valence electrons. The van der Waals surface area contributed by atoms with Crippen LogP contribution in [0.2, 0.25) is 0 Å². The van der Waals surface area contributed by atoms with Crippen LogP contribution < -0.4 is 15.4 Å². The second-order valence-corrected chi connectivity index (χ2v) is 5.29. The van der Waals surface area contributed by atoms with E-state index in [9.17, 15) is 4.79 Å². The standard InChI is InChI=1S/C17H18N2O2/c1-11-6-8-13(9-7-11)19-16(15(18)17(19)20)12-4-3-5-14(10-12)21-2/h3-10,15-16H,18H2,1-2H3/t15-,16+/m1/s1. The molecule has 0 radical (unpaired) electrons. The smallest absolute Gasteiger partial charge is 0.247 e. The molecule has 4 nitrogen and oxygen atoms in total. The lowest BCUT2D eigenvalue weighted by Crippen LogP contribution is -2.63. The Balaban J connectivity index is 1.96. The van der Waals surface area contributed by atoms with E-state index in [0.717, 1.165) is 22.6 Å². The Bertz CT molecular complexity index is 667. The molecule has 0 spiro atoms. The summed E-state index contributed by atoms with van der Waals surface area (Å²) in [5.74, 6) is 0.717. The van der Waals surface area contributed by atoms with Crippen LogP contribution in [0, 0.1) is 6.92 Å². The van der Waals surface area contributed by atoms with Gasteiger partial charge in [0.2, 0.25) is 5.91 Å². The summed E-state index contributed by atoms with van der Waals surface area (Å²) in [4.78, 5) is 13.9. The highest BCUT2D eigenvalue weighted by molar-refractivity contribution is 6.05. The van der Waals surface area contributed by atoms with Gasteiger partial charge >= 0.3 is 0 Å². The lowest BCUT2D eigenvalue weighted by Gasteiger charge is -2.45. The first-order chi connectivity index (χ1) is 10.1. The number of nitrogens with zero attached hydrogens (tertiary/aromatic N) is 1. The van der Waals surface area contributed by atoms with E-state index in [-0.39, 0.29) is 11.9 Å². The van der Waals surface area contributed by atoms with Gasteiger partial charge in [0.25, 0.3) is 0 Å². The molecule has 0 unspecified atom stereocenters. The van der Waals surface area contributed by atoms with Gasteiger partial charge in [-0.25, -0.2) is 0 Å². The fourth-order valence-electron chi connectivity index (χ4n) is 2.69. The third-order valence-corrected chi connectivity index (χ3v) is 3.89. The molecule has 2 N–H and O–H groups in total. The van der Waals surface area contributed by atoms with Gasteiger partial charge in [0.1, 0.15) is 11.8 Å². The molecule has 1 fully saturated rings. The molecule has 1 amide bonds. The Morgan fingerprint density at radius 2 is 1.86 bits per heavy atom. The van der Waals surface area contributed by atoms with E-state index >= 15 is 0 Å². The highest BCUT2D eigenvalue weighted by atomic mass is 16.5. The van der Waals surface area contributed by atoms with E-state index in [1.54, 1.807) is 12.0 Å². The minimum Gasteiger partial charge on any atom is -0.497 e. The van der Waals surface area contributed by atoms with Gasteiger partial charge in [-0.05, 0) is 36.8 Å². The molecular weight excluding hydrogens is 264 g/mol. The van der Waals surface area contributed by atoms with Crippen molar-refractivity contribution in [1.29, 1.82) is 0 Å². The summed E-state index contributed by atoms with van der Waals surface area (Å²) in [6.45, 7) is 2.02. The van der Waals surface area contributed by atoms with Gasteiger partial charge in [0.05, 0.1) is 13.2 Å². The maximum atomic E-state index is 12.2. The third-order valence-electron chi connectivity index (χ3n) is 3.89. The van der Waals surface area contributed by atoms with Gasteiger partial charge in [-0.2, -0.15) is 0 Å². The zero-order chi connectivity index (χ0) is 15.0. The molecule has 0 aliphatic carbocycles. The number of carbonyl (C=O) groups excluding carboxylic acids is 1. The first-order valence-corrected chi connectivity index (χ1v) is 6.91. The number of ether oxygens (including phenoxy) is 1. The van der Waals surface area contributed by atoms with Gasteiger partial charge in [-0.1, -0.05) is 29.8 Å². The van der Waals surface area contributed by atoms with Crippen LogP contribution in [0.1, 0.15) is 17.2 Å². The first-order valence-electron chi connectivity index (χ1n) is 6.91. The maximum absolute atomic E-state index is 12.2. The number of carbonyl (C=O) groups is 1. The minimum atomic E-state index is -0.501. The highest BCUT2D eigenvalue weighted by Crippen LogP contribution is 2.38. The van der Waals surface area contributed by atoms with E-state index in [1.807, 2.05) is 55.5 Å². The van der Waals surface area contributed by atoms with E-state index < -0.39 is 6.04 Å². The van der Waals surface area contributed by atoms with Crippen molar-refractivity contribution in [3.05, 3.63) is 59.7 Å². The van der Waals surface area contributed by atoms with Crippen LogP contribution in [0.5, 0.6) is 5.75 Å². The molecule has 1 aliphatic heterocycles. The van der Waals surface area contributed by atoms with Crippen molar-refractivity contribution in [3.8, 4) is 5.75 Å². The molecule has 1 aliphatic rings. The zero-order valence-electron chi connectivity index (χ0n) is 12.1. The number of aryl methyl sites for hydroxylation is 1. The molecule has 1 heterocycles. The van der Waals surface area contributed by atoms with Crippen molar-refractivity contribution in [2.45, 2.75) is 19.0 Å². The van der Waals surface area contributed by atoms with E-state index in [0.29, 0.717) is 0 Å². The number of hydrogen-bond acceptors (Lipinski definition) is 3. The van der Waals surface area contributed by atoms with Gasteiger partial charge in [-0.15, -0.1) is 0 Å². The second kappa shape index (κ2) is 5.22. The van der Waals surface area contributed by atoms with Crippen LogP contribution in [0.3, 0.4) is 0 Å². The number of β-lactam (4-membered cyclic amide) rings is 1. The Morgan fingerprint density at radius 3 is 2.52 bits per heavy atom. The van der Waals surface area contributed by atoms with Crippen molar-refractivity contribution in [1.82, 2.24) is 0 Å². The Labute approximate surface area is 124 Å². The second-order valence-electron chi connectivity index (χ2n) is 5.29. The number of rotatable bonds is 3. The third kappa shape index (κ3) is 2.28. The van der Waals surface area contributed by atoms with E-state index in [4.69, 9.17) is 10.5 Å². The van der Waals surface area contributed by atoms with Crippen LogP contribution in [0.15, 0.2) is 48.5 Å². The summed E-state index contributed by atoms with van der Waals surface area (Å²) in [5.41, 5.74) is 9.04. The molecule has 1 saturated heterocycles. The highest BCUT2D eigenvalue weighted by Gasteiger charge is 2.46. The molecule has 2 atom stereocenters. The van der Waals surface area contributed by atoms with Crippen molar-refractivity contribution in [3.63, 3.8) is 0 Å². The monoisotopic (exact) mass is 282 g/mol. The number of anilines is 1. The Kier molecular flexibility index (Phi) is 3.39. The number of amides is 1. The van der Waals surface area contributed by atoms with E-state index in [1.165, 1.54) is 0 Å². The summed E-state index contributed by atoms with van der Waals surface area (Å²) in [6, 6.07) is 14.9. The predicted molar refractivity (Wildman–Crippen MR) is 82.4 cm³/mol. The van der Waals surface area contributed by atoms with Crippen molar-refractivity contribution in [2.75, 3.05) is 12.0 Å². The average molecular weight is 282 g/mol. The fourth-order valence-corrected chi connectivity index (χ4v) is 2.69. The topological polar surface area (TPSA) is 55.6 Å². The number of benzene rings is 2. The van der Waals surface area contributed by atoms with Crippen LogP contribution >= 0.6 is 0 Å². The van der Waals surface area contributed by atoms with Crippen molar-refractivity contribution >= 4 is 11.6 Å². The molecule has 0 bridgehead atoms. The SMILES string of the molecule is COc1cccc([C@H]2[C@@H](N)C(=O)N2c2ccc(C)cc2)c1. The molecular formula is C17H18N2O2. The predicted octanol–water partition coefficient (Wildman–Crippen LogP) is 2.42. The van der Waals surface area contributed by atoms with E-state index in [2.05, 4.69) is 0 Å². The minimum absolute atomic E-state index is 0.0494. The largest absolute Gasteiger partial charge is 0.497 e. The number of hydrogen-bond donors (Lipinski definition) is 1. The molecule has 0 aromatic heterocycles. The molecule has 2 aromatic rings. The summed E-state index contributed by atoms with van der Waals surface area (Å²) in [6.07, 6.45) is 0. The van der Waals surface area contributed by atoms with Gasteiger partial charge in [0.15, 0.2) is 0 Å². The lowest BCUT2D eigenvalue weighted by molar-refractivity contribution is -0.126. The van der Waals surface area contributed by atoms with Crippen LogP contribution in [0.25, 0.3) is 0 Å². The molecule has 0 saturated carbocycles. The summed E-state index contributed by atoms with van der Waals surface area (Å²) < 4.78 is 5.25. The normalized spacial score (nSPS) is 21.1. The maximum Gasteiger partial charge on any atom is 0.247 e. The number of methoxy groups -OCH3 is 1.